The van der Waals surface area contributed by atoms with E-state index in [1.54, 1.807) is 0 Å². The molecule has 2 aliphatic rings. The molecule has 0 atom stereocenters. The Bertz CT molecular complexity index is 525. The molecule has 1 fully saturated rings. The van der Waals surface area contributed by atoms with Crippen LogP contribution in [0.2, 0.25) is 0 Å². The van der Waals surface area contributed by atoms with E-state index in [0.29, 0.717) is 0 Å². The Morgan fingerprint density at radius 1 is 1.16 bits per heavy atom. The third-order valence-corrected chi connectivity index (χ3v) is 4.40. The zero-order chi connectivity index (χ0) is 13.3. The predicted octanol–water partition coefficient (Wildman–Crippen LogP) is 3.77. The van der Waals surface area contributed by atoms with Crippen LogP contribution in [0.25, 0.3) is 0 Å². The number of nitrogens with one attached hydrogen (secondary N) is 1. The molecule has 19 heavy (non-hydrogen) atoms. The minimum atomic E-state index is -0.105. The lowest BCUT2D eigenvalue weighted by molar-refractivity contribution is 0.360. The molecule has 0 aromatic heterocycles. The number of nitrogens with zero attached hydrogens (tertiary/aromatic N) is 1. The van der Waals surface area contributed by atoms with Crippen molar-refractivity contribution in [3.8, 4) is 0 Å². The Balaban J connectivity index is 1.94. The van der Waals surface area contributed by atoms with Gasteiger partial charge in [0.25, 0.3) is 0 Å². The summed E-state index contributed by atoms with van der Waals surface area (Å²) in [5.41, 5.74) is 3.29. The summed E-state index contributed by atoms with van der Waals surface area (Å²) in [4.78, 5) is 5.82. The van der Waals surface area contributed by atoms with Crippen LogP contribution in [-0.2, 0) is 0 Å². The topological polar surface area (TPSA) is 24.4 Å². The van der Waals surface area contributed by atoms with Crippen LogP contribution in [0.15, 0.2) is 29.3 Å². The molecule has 100 valence electrons. The van der Waals surface area contributed by atoms with Crippen molar-refractivity contribution in [2.45, 2.75) is 51.1 Å². The molecule has 0 saturated heterocycles. The molecule has 1 aliphatic carbocycles. The Morgan fingerprint density at radius 3 is 2.58 bits per heavy atom. The fraction of sp³-hybridized carbons (Fsp3) is 0.500. The molecular weight excluding hydrogens is 252 g/mol. The van der Waals surface area contributed by atoms with Gasteiger partial charge in [0.15, 0.2) is 0 Å². The Hall–Kier alpha value is -1.22. The highest BCUT2D eigenvalue weighted by Crippen LogP contribution is 2.32. The average Bonchev–Trinajstić information content (AvgIpc) is 2.57. The van der Waals surface area contributed by atoms with Gasteiger partial charge in [-0.2, -0.15) is 0 Å². The normalized spacial score (nSPS) is 21.9. The first kappa shape index (κ1) is 12.8. The molecule has 3 heteroatoms. The predicted molar refractivity (Wildman–Crippen MR) is 83.9 cm³/mol. The second kappa shape index (κ2) is 5.04. The van der Waals surface area contributed by atoms with Crippen LogP contribution in [-0.4, -0.2) is 16.4 Å². The number of aryl methyl sites for hydroxylation is 1. The van der Waals surface area contributed by atoms with E-state index in [9.17, 15) is 0 Å². The quantitative estimate of drug-likeness (QED) is 0.787. The lowest BCUT2D eigenvalue weighted by Crippen LogP contribution is -2.41. The summed E-state index contributed by atoms with van der Waals surface area (Å²) in [7, 11) is 0. The summed E-state index contributed by atoms with van der Waals surface area (Å²) in [5, 5.41) is 3.50. The first-order valence-electron chi connectivity index (χ1n) is 7.18. The summed E-state index contributed by atoms with van der Waals surface area (Å²) in [6.45, 7) is 2.11. The van der Waals surface area contributed by atoms with E-state index in [2.05, 4.69) is 36.5 Å². The first-order chi connectivity index (χ1) is 9.19. The van der Waals surface area contributed by atoms with E-state index in [4.69, 9.17) is 17.2 Å². The van der Waals surface area contributed by atoms with Gasteiger partial charge in [-0.3, -0.25) is 4.99 Å². The maximum Gasteiger partial charge on any atom is 0.131 e. The van der Waals surface area contributed by atoms with Crippen molar-refractivity contribution in [1.82, 2.24) is 5.32 Å². The van der Waals surface area contributed by atoms with Crippen LogP contribution < -0.4 is 5.32 Å². The zero-order valence-electron chi connectivity index (χ0n) is 11.4. The number of aliphatic imine (C=N–C) groups is 1. The molecule has 1 aromatic rings. The van der Waals surface area contributed by atoms with Crippen LogP contribution in [0.1, 0.15) is 49.7 Å². The summed E-state index contributed by atoms with van der Waals surface area (Å²) >= 11 is 5.52. The van der Waals surface area contributed by atoms with E-state index in [0.717, 1.165) is 29.1 Å². The Morgan fingerprint density at radius 2 is 1.89 bits per heavy atom. The second-order valence-corrected chi connectivity index (χ2v) is 6.14. The molecule has 1 heterocycles. The van der Waals surface area contributed by atoms with Gasteiger partial charge < -0.3 is 5.32 Å². The third kappa shape index (κ3) is 2.57. The minimum Gasteiger partial charge on any atom is -0.351 e. The Labute approximate surface area is 120 Å². The monoisotopic (exact) mass is 272 g/mol. The van der Waals surface area contributed by atoms with Crippen molar-refractivity contribution < 1.29 is 0 Å². The number of benzene rings is 1. The Kier molecular flexibility index (Phi) is 3.40. The van der Waals surface area contributed by atoms with Crippen LogP contribution in [0.3, 0.4) is 0 Å². The van der Waals surface area contributed by atoms with Crippen LogP contribution in [0.4, 0.5) is 0 Å². The standard InChI is InChI=1S/C16H20N2S/c1-12-7-6-8-13(11-12)14-15(19)18-16(17-14)9-4-2-3-5-10-16/h6-8,11H,2-5,9-10H2,1H3,(H,18,19). The van der Waals surface area contributed by atoms with Gasteiger partial charge in [0.05, 0.1) is 0 Å². The highest BCUT2D eigenvalue weighted by molar-refractivity contribution is 7.82. The minimum absolute atomic E-state index is 0.105. The molecule has 1 aliphatic heterocycles. The summed E-state index contributed by atoms with van der Waals surface area (Å²) in [6, 6.07) is 8.46. The third-order valence-electron chi connectivity index (χ3n) is 4.11. The van der Waals surface area contributed by atoms with Crippen molar-refractivity contribution >= 4 is 22.9 Å². The fourth-order valence-electron chi connectivity index (χ4n) is 3.10. The van der Waals surface area contributed by atoms with Crippen LogP contribution in [0, 0.1) is 6.92 Å². The molecule has 2 nitrogen and oxygen atoms in total. The van der Waals surface area contributed by atoms with Crippen molar-refractivity contribution in [1.29, 1.82) is 0 Å². The van der Waals surface area contributed by atoms with E-state index in [1.807, 2.05) is 0 Å². The lowest BCUT2D eigenvalue weighted by Gasteiger charge is -2.24. The molecule has 1 spiro atoms. The van der Waals surface area contributed by atoms with Crippen molar-refractivity contribution in [2.24, 2.45) is 4.99 Å². The molecule has 3 rings (SSSR count). The van der Waals surface area contributed by atoms with Gasteiger partial charge in [-0.05, 0) is 38.7 Å². The maximum atomic E-state index is 5.52. The molecule has 1 aromatic carbocycles. The SMILES string of the molecule is Cc1cccc(C2=NC3(CCCCCC3)NC2=S)c1. The number of rotatable bonds is 1. The lowest BCUT2D eigenvalue weighted by atomic mass is 10.0. The maximum absolute atomic E-state index is 5.52. The number of hydrogen-bond donors (Lipinski definition) is 1. The highest BCUT2D eigenvalue weighted by atomic mass is 32.1. The van der Waals surface area contributed by atoms with E-state index in [-0.39, 0.29) is 5.66 Å². The van der Waals surface area contributed by atoms with Gasteiger partial charge in [0, 0.05) is 5.56 Å². The van der Waals surface area contributed by atoms with E-state index >= 15 is 0 Å². The molecule has 0 radical (unpaired) electrons. The van der Waals surface area contributed by atoms with Gasteiger partial charge in [-0.25, -0.2) is 0 Å². The largest absolute Gasteiger partial charge is 0.351 e. The summed E-state index contributed by atoms with van der Waals surface area (Å²) < 4.78 is 0. The molecule has 0 amide bonds. The second-order valence-electron chi connectivity index (χ2n) is 5.73. The van der Waals surface area contributed by atoms with Gasteiger partial charge in [0.2, 0.25) is 0 Å². The molecular formula is C16H20N2S. The average molecular weight is 272 g/mol. The van der Waals surface area contributed by atoms with Crippen LogP contribution >= 0.6 is 12.2 Å². The zero-order valence-corrected chi connectivity index (χ0v) is 12.2. The smallest absolute Gasteiger partial charge is 0.131 e. The summed E-state index contributed by atoms with van der Waals surface area (Å²) in [5.74, 6) is 0. The van der Waals surface area contributed by atoms with Crippen LogP contribution in [0.5, 0.6) is 0 Å². The molecule has 1 N–H and O–H groups in total. The van der Waals surface area contributed by atoms with E-state index in [1.165, 1.54) is 31.2 Å². The van der Waals surface area contributed by atoms with Gasteiger partial charge in [-0.1, -0.05) is 48.8 Å². The fourth-order valence-corrected chi connectivity index (χ4v) is 3.45. The van der Waals surface area contributed by atoms with Crippen molar-refractivity contribution in [3.05, 3.63) is 35.4 Å². The summed E-state index contributed by atoms with van der Waals surface area (Å²) in [6.07, 6.45) is 7.38. The molecule has 0 bridgehead atoms. The van der Waals surface area contributed by atoms with Gasteiger partial charge >= 0.3 is 0 Å². The molecule has 0 unspecified atom stereocenters. The first-order valence-corrected chi connectivity index (χ1v) is 7.59. The van der Waals surface area contributed by atoms with Crippen molar-refractivity contribution in [3.63, 3.8) is 0 Å². The van der Waals surface area contributed by atoms with Gasteiger partial charge in [-0.15, -0.1) is 0 Å². The molecule has 1 saturated carbocycles. The van der Waals surface area contributed by atoms with Gasteiger partial charge in [0.1, 0.15) is 16.4 Å². The number of hydrogen-bond acceptors (Lipinski definition) is 2. The van der Waals surface area contributed by atoms with E-state index < -0.39 is 0 Å². The number of thiocarbonyl (C=S) groups is 1. The highest BCUT2D eigenvalue weighted by Gasteiger charge is 2.37. The van der Waals surface area contributed by atoms with Crippen molar-refractivity contribution in [2.75, 3.05) is 0 Å².